The van der Waals surface area contributed by atoms with Gasteiger partial charge in [0.2, 0.25) is 5.91 Å². The van der Waals surface area contributed by atoms with Crippen molar-refractivity contribution in [2.24, 2.45) is 5.84 Å². The number of hydrazine groups is 1. The van der Waals surface area contributed by atoms with Gasteiger partial charge < -0.3 is 0 Å². The Kier molecular flexibility index (Phi) is 2.71. The van der Waals surface area contributed by atoms with E-state index in [9.17, 15) is 4.79 Å². The molecule has 1 aromatic heterocycles. The molecule has 5 nitrogen and oxygen atoms in total. The van der Waals surface area contributed by atoms with Gasteiger partial charge in [-0.05, 0) is 6.92 Å². The van der Waals surface area contributed by atoms with E-state index < -0.39 is 0 Å². The molecule has 0 aliphatic heterocycles. The summed E-state index contributed by atoms with van der Waals surface area (Å²) in [4.78, 5) is 18.6. The first-order valence-corrected chi connectivity index (χ1v) is 3.49. The minimum absolute atomic E-state index is 0.225. The molecule has 0 fully saturated rings. The average Bonchev–Trinajstić information content (AvgIpc) is 2.09. The minimum Gasteiger partial charge on any atom is -0.294 e. The third-order valence-corrected chi connectivity index (χ3v) is 1.53. The molecule has 12 heavy (non-hydrogen) atoms. The Balaban J connectivity index is 2.75. The Morgan fingerprint density at radius 2 is 2.50 bits per heavy atom. The summed E-state index contributed by atoms with van der Waals surface area (Å²) in [6, 6.07) is 0. The van der Waals surface area contributed by atoms with E-state index >= 15 is 0 Å². The smallest absolute Gasteiger partial charge is 0.238 e. The van der Waals surface area contributed by atoms with Crippen LogP contribution in [-0.2, 0) is 11.2 Å². The van der Waals surface area contributed by atoms with Gasteiger partial charge in [-0.25, -0.2) is 15.8 Å². The third-order valence-electron chi connectivity index (χ3n) is 1.53. The predicted molar refractivity (Wildman–Crippen MR) is 42.8 cm³/mol. The second-order valence-corrected chi connectivity index (χ2v) is 2.38. The van der Waals surface area contributed by atoms with E-state index in [0.29, 0.717) is 0 Å². The van der Waals surface area contributed by atoms with Gasteiger partial charge >= 0.3 is 0 Å². The van der Waals surface area contributed by atoms with Gasteiger partial charge in [-0.3, -0.25) is 10.2 Å². The molecular weight excluding hydrogens is 156 g/mol. The van der Waals surface area contributed by atoms with Crippen molar-refractivity contribution in [3.8, 4) is 0 Å². The summed E-state index contributed by atoms with van der Waals surface area (Å²) in [7, 11) is 0. The van der Waals surface area contributed by atoms with Gasteiger partial charge in [-0.15, -0.1) is 0 Å². The zero-order chi connectivity index (χ0) is 8.97. The number of hydrogen-bond donors (Lipinski definition) is 2. The number of rotatable bonds is 2. The molecule has 0 atom stereocenters. The Labute approximate surface area is 70.0 Å². The highest BCUT2D eigenvalue weighted by atomic mass is 16.2. The van der Waals surface area contributed by atoms with E-state index in [2.05, 4.69) is 9.97 Å². The van der Waals surface area contributed by atoms with Crippen molar-refractivity contribution in [2.75, 3.05) is 0 Å². The number of carbonyl (C=O) groups excluding carboxylic acids is 1. The molecule has 0 unspecified atom stereocenters. The molecule has 64 valence electrons. The Morgan fingerprint density at radius 1 is 1.75 bits per heavy atom. The van der Waals surface area contributed by atoms with Crippen molar-refractivity contribution in [1.29, 1.82) is 0 Å². The molecule has 3 N–H and O–H groups in total. The van der Waals surface area contributed by atoms with Crippen LogP contribution in [0.5, 0.6) is 0 Å². The van der Waals surface area contributed by atoms with Crippen LogP contribution in [0.4, 0.5) is 0 Å². The number of aromatic nitrogens is 2. The lowest BCUT2D eigenvalue weighted by Gasteiger charge is -2.01. The first kappa shape index (κ1) is 8.61. The standard InChI is InChI=1S/C7H10N4O/c1-5-6(2-7(12)11-8)3-9-4-10-5/h3-4H,2,8H2,1H3,(H,11,12). The van der Waals surface area contributed by atoms with Gasteiger partial charge in [-0.1, -0.05) is 0 Å². The van der Waals surface area contributed by atoms with E-state index in [0.717, 1.165) is 11.3 Å². The Morgan fingerprint density at radius 3 is 3.08 bits per heavy atom. The molecule has 1 heterocycles. The summed E-state index contributed by atoms with van der Waals surface area (Å²) in [5.41, 5.74) is 3.64. The Hall–Kier alpha value is -1.49. The highest BCUT2D eigenvalue weighted by molar-refractivity contribution is 5.77. The van der Waals surface area contributed by atoms with E-state index in [1.807, 2.05) is 12.3 Å². The molecule has 0 saturated heterocycles. The fourth-order valence-corrected chi connectivity index (χ4v) is 0.817. The highest BCUT2D eigenvalue weighted by Crippen LogP contribution is 2.01. The molecule has 5 heteroatoms. The van der Waals surface area contributed by atoms with Crippen LogP contribution in [0.1, 0.15) is 11.3 Å². The van der Waals surface area contributed by atoms with E-state index in [1.165, 1.54) is 6.33 Å². The zero-order valence-electron chi connectivity index (χ0n) is 6.74. The lowest BCUT2D eigenvalue weighted by Crippen LogP contribution is -2.31. The second-order valence-electron chi connectivity index (χ2n) is 2.38. The van der Waals surface area contributed by atoms with Crippen LogP contribution in [0.3, 0.4) is 0 Å². The summed E-state index contributed by atoms with van der Waals surface area (Å²) in [6.07, 6.45) is 3.28. The van der Waals surface area contributed by atoms with Gasteiger partial charge in [0.15, 0.2) is 0 Å². The monoisotopic (exact) mass is 166 g/mol. The van der Waals surface area contributed by atoms with Crippen molar-refractivity contribution < 1.29 is 4.79 Å². The first-order valence-electron chi connectivity index (χ1n) is 3.49. The highest BCUT2D eigenvalue weighted by Gasteiger charge is 2.04. The van der Waals surface area contributed by atoms with Gasteiger partial charge in [0.1, 0.15) is 6.33 Å². The van der Waals surface area contributed by atoms with Gasteiger partial charge in [0.05, 0.1) is 6.42 Å². The van der Waals surface area contributed by atoms with Crippen LogP contribution < -0.4 is 11.3 Å². The van der Waals surface area contributed by atoms with Crippen LogP contribution >= 0.6 is 0 Å². The zero-order valence-corrected chi connectivity index (χ0v) is 6.74. The number of hydrogen-bond acceptors (Lipinski definition) is 4. The van der Waals surface area contributed by atoms with E-state index in [-0.39, 0.29) is 12.3 Å². The minimum atomic E-state index is -0.243. The van der Waals surface area contributed by atoms with Gasteiger partial charge in [0.25, 0.3) is 0 Å². The number of amides is 1. The van der Waals surface area contributed by atoms with Gasteiger partial charge in [0, 0.05) is 17.5 Å². The largest absolute Gasteiger partial charge is 0.294 e. The quantitative estimate of drug-likeness (QED) is 0.346. The van der Waals surface area contributed by atoms with Crippen LogP contribution in [0.2, 0.25) is 0 Å². The molecule has 0 radical (unpaired) electrons. The number of nitrogens with one attached hydrogen (secondary N) is 1. The normalized spacial score (nSPS) is 9.50. The van der Waals surface area contributed by atoms with Crippen molar-refractivity contribution in [3.05, 3.63) is 23.8 Å². The lowest BCUT2D eigenvalue weighted by molar-refractivity contribution is -0.120. The number of nitrogens with two attached hydrogens (primary N) is 1. The van der Waals surface area contributed by atoms with Crippen LogP contribution in [-0.4, -0.2) is 15.9 Å². The predicted octanol–water partition coefficient (Wildman–Crippen LogP) is -0.683. The second kappa shape index (κ2) is 3.77. The Bertz CT molecular complexity index is 286. The molecule has 0 saturated carbocycles. The van der Waals surface area contributed by atoms with Crippen LogP contribution in [0.15, 0.2) is 12.5 Å². The maximum absolute atomic E-state index is 10.8. The summed E-state index contributed by atoms with van der Waals surface area (Å²) >= 11 is 0. The van der Waals surface area contributed by atoms with Crippen LogP contribution in [0.25, 0.3) is 0 Å². The fraction of sp³-hybridized carbons (Fsp3) is 0.286. The molecule has 1 amide bonds. The van der Waals surface area contributed by atoms with Crippen molar-refractivity contribution >= 4 is 5.91 Å². The number of aryl methyl sites for hydroxylation is 1. The maximum Gasteiger partial charge on any atom is 0.238 e. The molecule has 1 aromatic rings. The summed E-state index contributed by atoms with van der Waals surface area (Å²) in [5.74, 6) is 4.69. The van der Waals surface area contributed by atoms with Crippen molar-refractivity contribution in [1.82, 2.24) is 15.4 Å². The molecule has 0 aromatic carbocycles. The number of carbonyl (C=O) groups is 1. The molecular formula is C7H10N4O. The molecule has 0 aliphatic carbocycles. The summed E-state index contributed by atoms with van der Waals surface area (Å²) < 4.78 is 0. The van der Waals surface area contributed by atoms with Crippen molar-refractivity contribution in [3.63, 3.8) is 0 Å². The molecule has 1 rings (SSSR count). The van der Waals surface area contributed by atoms with Crippen LogP contribution in [0, 0.1) is 6.92 Å². The van der Waals surface area contributed by atoms with Gasteiger partial charge in [-0.2, -0.15) is 0 Å². The lowest BCUT2D eigenvalue weighted by atomic mass is 10.2. The molecule has 0 bridgehead atoms. The summed E-state index contributed by atoms with van der Waals surface area (Å²) in [5, 5.41) is 0. The average molecular weight is 166 g/mol. The number of nitrogens with zero attached hydrogens (tertiary/aromatic N) is 2. The fourth-order valence-electron chi connectivity index (χ4n) is 0.817. The third kappa shape index (κ3) is 2.00. The molecule has 0 aliphatic rings. The SMILES string of the molecule is Cc1ncncc1CC(=O)NN. The van der Waals surface area contributed by atoms with E-state index in [1.54, 1.807) is 6.20 Å². The summed E-state index contributed by atoms with van der Waals surface area (Å²) in [6.45, 7) is 1.82. The van der Waals surface area contributed by atoms with Crippen molar-refractivity contribution in [2.45, 2.75) is 13.3 Å². The maximum atomic E-state index is 10.8. The topological polar surface area (TPSA) is 80.9 Å². The van der Waals surface area contributed by atoms with E-state index in [4.69, 9.17) is 5.84 Å². The first-order chi connectivity index (χ1) is 5.74. The molecule has 0 spiro atoms.